The van der Waals surface area contributed by atoms with Gasteiger partial charge < -0.3 is 10.2 Å². The van der Waals surface area contributed by atoms with Crippen LogP contribution in [0.25, 0.3) is 12.2 Å². The van der Waals surface area contributed by atoms with Crippen molar-refractivity contribution in [3.8, 4) is 5.75 Å². The number of hydrogen-bond acceptors (Lipinski definition) is 2. The molecule has 0 amide bonds. The lowest BCUT2D eigenvalue weighted by Gasteiger charge is -1.92. The minimum absolute atomic E-state index is 0.330. The van der Waals surface area contributed by atoms with Crippen molar-refractivity contribution < 1.29 is 10.2 Å². The van der Waals surface area contributed by atoms with Crippen LogP contribution in [0.3, 0.4) is 0 Å². The van der Waals surface area contributed by atoms with Crippen LogP contribution < -0.4 is 10.4 Å². The molecule has 0 aliphatic rings. The molecule has 0 saturated carbocycles. The molecule has 2 nitrogen and oxygen atoms in total. The van der Waals surface area contributed by atoms with Crippen LogP contribution in [-0.2, 0) is 0 Å². The number of rotatable bonds is 1. The standard InChI is InChI=1S/C11H14O.CH4O/c1-3-5-10-6-7-11(12)8-9(10)4-2;1-2/h4-8,12H,3H2,1-2H3;2H,1H3/b9-4-,10-5-;. The van der Waals surface area contributed by atoms with Crippen molar-refractivity contribution in [1.82, 2.24) is 0 Å². The SMILES string of the molecule is C/C=c1/cc(O)cc/c1=C/CC.CO. The highest BCUT2D eigenvalue weighted by Gasteiger charge is 1.86. The minimum Gasteiger partial charge on any atom is -0.508 e. The summed E-state index contributed by atoms with van der Waals surface area (Å²) >= 11 is 0. The number of aliphatic hydroxyl groups excluding tert-OH is 1. The Labute approximate surface area is 84.8 Å². The lowest BCUT2D eigenvalue weighted by Crippen LogP contribution is -2.22. The van der Waals surface area contributed by atoms with Gasteiger partial charge >= 0.3 is 0 Å². The first-order valence-corrected chi connectivity index (χ1v) is 4.68. The summed E-state index contributed by atoms with van der Waals surface area (Å²) in [6.45, 7) is 4.08. The Morgan fingerprint density at radius 2 is 1.86 bits per heavy atom. The lowest BCUT2D eigenvalue weighted by atomic mass is 10.2. The van der Waals surface area contributed by atoms with Gasteiger partial charge in [0.1, 0.15) is 5.75 Å². The van der Waals surface area contributed by atoms with Crippen molar-refractivity contribution >= 4 is 12.2 Å². The van der Waals surface area contributed by atoms with E-state index in [1.807, 2.05) is 19.1 Å². The zero-order chi connectivity index (χ0) is 11.0. The summed E-state index contributed by atoms with van der Waals surface area (Å²) in [5.74, 6) is 0.330. The molecule has 0 heterocycles. The van der Waals surface area contributed by atoms with Crippen molar-refractivity contribution in [1.29, 1.82) is 0 Å². The quantitative estimate of drug-likeness (QED) is 0.700. The zero-order valence-electron chi connectivity index (χ0n) is 8.99. The molecule has 1 aromatic rings. The monoisotopic (exact) mass is 194 g/mol. The molecule has 0 atom stereocenters. The van der Waals surface area contributed by atoms with E-state index in [9.17, 15) is 5.11 Å². The summed E-state index contributed by atoms with van der Waals surface area (Å²) < 4.78 is 0. The summed E-state index contributed by atoms with van der Waals surface area (Å²) in [5.41, 5.74) is 0. The van der Waals surface area contributed by atoms with Gasteiger partial charge in [0.15, 0.2) is 0 Å². The van der Waals surface area contributed by atoms with E-state index in [0.717, 1.165) is 18.7 Å². The van der Waals surface area contributed by atoms with E-state index < -0.39 is 0 Å². The molecule has 2 N–H and O–H groups in total. The number of benzene rings is 1. The summed E-state index contributed by atoms with van der Waals surface area (Å²) in [5, 5.41) is 18.5. The fourth-order valence-corrected chi connectivity index (χ4v) is 1.22. The molecule has 78 valence electrons. The van der Waals surface area contributed by atoms with Crippen molar-refractivity contribution in [3.63, 3.8) is 0 Å². The Balaban J connectivity index is 0.000000791. The van der Waals surface area contributed by atoms with Crippen LogP contribution in [0, 0.1) is 0 Å². The number of phenols is 1. The second kappa shape index (κ2) is 7.15. The summed E-state index contributed by atoms with van der Waals surface area (Å²) in [7, 11) is 1.00. The maximum atomic E-state index is 9.20. The van der Waals surface area contributed by atoms with Crippen molar-refractivity contribution in [2.24, 2.45) is 0 Å². The molecule has 1 rings (SSSR count). The molecular weight excluding hydrogens is 176 g/mol. The highest BCUT2D eigenvalue weighted by molar-refractivity contribution is 5.34. The van der Waals surface area contributed by atoms with Gasteiger partial charge in [-0.15, -0.1) is 0 Å². The van der Waals surface area contributed by atoms with E-state index in [2.05, 4.69) is 13.0 Å². The van der Waals surface area contributed by atoms with Crippen LogP contribution in [0.5, 0.6) is 5.75 Å². The molecule has 0 spiro atoms. The smallest absolute Gasteiger partial charge is 0.116 e. The van der Waals surface area contributed by atoms with Crippen molar-refractivity contribution in [2.75, 3.05) is 7.11 Å². The summed E-state index contributed by atoms with van der Waals surface area (Å²) in [4.78, 5) is 0. The predicted molar refractivity (Wildman–Crippen MR) is 60.4 cm³/mol. The Hall–Kier alpha value is -1.28. The van der Waals surface area contributed by atoms with E-state index in [1.54, 1.807) is 12.1 Å². The zero-order valence-corrected chi connectivity index (χ0v) is 8.99. The fourth-order valence-electron chi connectivity index (χ4n) is 1.22. The van der Waals surface area contributed by atoms with Gasteiger partial charge in [0.05, 0.1) is 0 Å². The van der Waals surface area contributed by atoms with E-state index in [0.29, 0.717) is 5.75 Å². The average molecular weight is 194 g/mol. The molecule has 0 aromatic heterocycles. The minimum atomic E-state index is 0.330. The first-order chi connectivity index (χ1) is 6.77. The van der Waals surface area contributed by atoms with Crippen LogP contribution in [0.2, 0.25) is 0 Å². The molecule has 0 fully saturated rings. The van der Waals surface area contributed by atoms with Gasteiger partial charge in [-0.1, -0.05) is 25.1 Å². The fraction of sp³-hybridized carbons (Fsp3) is 0.333. The van der Waals surface area contributed by atoms with Gasteiger partial charge in [-0.3, -0.25) is 0 Å². The van der Waals surface area contributed by atoms with E-state index in [1.165, 1.54) is 5.22 Å². The number of phenolic OH excluding ortho intramolecular Hbond substituents is 1. The second-order valence-electron chi connectivity index (χ2n) is 2.71. The van der Waals surface area contributed by atoms with Gasteiger partial charge in [-0.25, -0.2) is 0 Å². The van der Waals surface area contributed by atoms with Crippen LogP contribution in [-0.4, -0.2) is 17.3 Å². The maximum absolute atomic E-state index is 9.20. The van der Waals surface area contributed by atoms with Crippen LogP contribution in [0.1, 0.15) is 20.3 Å². The molecule has 0 bridgehead atoms. The summed E-state index contributed by atoms with van der Waals surface area (Å²) in [6, 6.07) is 5.43. The third kappa shape index (κ3) is 3.62. The van der Waals surface area contributed by atoms with Crippen LogP contribution in [0.15, 0.2) is 18.2 Å². The van der Waals surface area contributed by atoms with Crippen LogP contribution in [0.4, 0.5) is 0 Å². The predicted octanol–water partition coefficient (Wildman–Crippen LogP) is 0.992. The molecule has 0 saturated heterocycles. The van der Waals surface area contributed by atoms with Gasteiger partial charge in [0.25, 0.3) is 0 Å². The first kappa shape index (κ1) is 12.7. The largest absolute Gasteiger partial charge is 0.508 e. The molecule has 2 heteroatoms. The van der Waals surface area contributed by atoms with E-state index in [-0.39, 0.29) is 0 Å². The molecule has 0 aliphatic carbocycles. The maximum Gasteiger partial charge on any atom is 0.116 e. The Kier molecular flexibility index (Phi) is 6.50. The Bertz CT molecular complexity index is 366. The van der Waals surface area contributed by atoms with E-state index >= 15 is 0 Å². The Morgan fingerprint density at radius 1 is 1.21 bits per heavy atom. The van der Waals surface area contributed by atoms with Crippen LogP contribution >= 0.6 is 0 Å². The topological polar surface area (TPSA) is 40.5 Å². The van der Waals surface area contributed by atoms with Gasteiger partial charge in [0, 0.05) is 7.11 Å². The number of hydrogen-bond donors (Lipinski definition) is 2. The van der Waals surface area contributed by atoms with Crippen molar-refractivity contribution in [2.45, 2.75) is 20.3 Å². The molecule has 1 aromatic carbocycles. The van der Waals surface area contributed by atoms with E-state index in [4.69, 9.17) is 5.11 Å². The van der Waals surface area contributed by atoms with Gasteiger partial charge in [0.2, 0.25) is 0 Å². The third-order valence-electron chi connectivity index (χ3n) is 1.81. The van der Waals surface area contributed by atoms with Crippen molar-refractivity contribution in [3.05, 3.63) is 28.6 Å². The second-order valence-corrected chi connectivity index (χ2v) is 2.71. The molecular formula is C12H18O2. The highest BCUT2D eigenvalue weighted by Crippen LogP contribution is 1.98. The highest BCUT2D eigenvalue weighted by atomic mass is 16.3. The van der Waals surface area contributed by atoms with Gasteiger partial charge in [-0.2, -0.15) is 0 Å². The molecule has 14 heavy (non-hydrogen) atoms. The number of aromatic hydroxyl groups is 1. The molecule has 0 unspecified atom stereocenters. The average Bonchev–Trinajstić information content (AvgIpc) is 2.24. The summed E-state index contributed by atoms with van der Waals surface area (Å²) in [6.07, 6.45) is 5.17. The molecule has 0 radical (unpaired) electrons. The normalized spacial score (nSPS) is 12.3. The third-order valence-corrected chi connectivity index (χ3v) is 1.81. The number of aliphatic hydroxyl groups is 1. The van der Waals surface area contributed by atoms with Gasteiger partial charge in [-0.05, 0) is 35.9 Å². The lowest BCUT2D eigenvalue weighted by molar-refractivity contribution is 0.399. The Morgan fingerprint density at radius 3 is 2.36 bits per heavy atom. The first-order valence-electron chi connectivity index (χ1n) is 4.68. The molecule has 0 aliphatic heterocycles.